The van der Waals surface area contributed by atoms with E-state index in [1.54, 1.807) is 12.1 Å². The molecule has 2 aromatic rings. The van der Waals surface area contributed by atoms with Crippen molar-refractivity contribution in [3.8, 4) is 0 Å². The molecule has 1 saturated carbocycles. The summed E-state index contributed by atoms with van der Waals surface area (Å²) < 4.78 is 13.2. The van der Waals surface area contributed by atoms with E-state index in [4.69, 9.17) is 0 Å². The topological polar surface area (TPSA) is 82.2 Å². The number of halogens is 1. The predicted molar refractivity (Wildman–Crippen MR) is 109 cm³/mol. The van der Waals surface area contributed by atoms with Gasteiger partial charge >= 0.3 is 6.03 Å². The lowest BCUT2D eigenvalue weighted by molar-refractivity contribution is 0.243. The van der Waals surface area contributed by atoms with Crippen LogP contribution in [0, 0.1) is 12.7 Å². The van der Waals surface area contributed by atoms with Crippen LogP contribution in [-0.2, 0) is 0 Å². The van der Waals surface area contributed by atoms with Crippen molar-refractivity contribution < 1.29 is 9.18 Å². The fourth-order valence-electron chi connectivity index (χ4n) is 3.44. The van der Waals surface area contributed by atoms with Gasteiger partial charge in [-0.3, -0.25) is 0 Å². The monoisotopic (exact) mass is 386 g/mol. The Morgan fingerprint density at radius 1 is 1.18 bits per heavy atom. The largest absolute Gasteiger partial charge is 0.362 e. The summed E-state index contributed by atoms with van der Waals surface area (Å²) in [6, 6.07) is 5.94. The molecule has 1 aromatic heterocycles. The molecule has 0 radical (unpaired) electrons. The van der Waals surface area contributed by atoms with E-state index in [2.05, 4.69) is 25.9 Å². The molecule has 1 aliphatic rings. The van der Waals surface area contributed by atoms with Gasteiger partial charge in [-0.2, -0.15) is 4.98 Å². The van der Waals surface area contributed by atoms with E-state index in [0.717, 1.165) is 37.1 Å². The number of nitrogens with one attached hydrogen (secondary N) is 3. The van der Waals surface area contributed by atoms with Gasteiger partial charge in [0.25, 0.3) is 0 Å². The van der Waals surface area contributed by atoms with E-state index >= 15 is 0 Å². The van der Waals surface area contributed by atoms with Gasteiger partial charge in [0, 0.05) is 43.6 Å². The first kappa shape index (κ1) is 19.9. The SMILES string of the molecule is Cc1cnc(NC2CCC(NC(=O)Nc3cccc(F)c3)CC2)nc1N(C)C. The van der Waals surface area contributed by atoms with Crippen LogP contribution in [0.4, 0.5) is 26.6 Å². The van der Waals surface area contributed by atoms with E-state index in [1.807, 2.05) is 32.1 Å². The first-order valence-electron chi connectivity index (χ1n) is 9.51. The molecule has 0 bridgehead atoms. The second-order valence-corrected chi connectivity index (χ2v) is 7.40. The highest BCUT2D eigenvalue weighted by atomic mass is 19.1. The summed E-state index contributed by atoms with van der Waals surface area (Å²) in [6.07, 6.45) is 5.38. The number of urea groups is 1. The van der Waals surface area contributed by atoms with Crippen molar-refractivity contribution in [3.63, 3.8) is 0 Å². The fourth-order valence-corrected chi connectivity index (χ4v) is 3.44. The zero-order valence-corrected chi connectivity index (χ0v) is 16.5. The van der Waals surface area contributed by atoms with E-state index in [9.17, 15) is 9.18 Å². The number of amides is 2. The van der Waals surface area contributed by atoms with Crippen molar-refractivity contribution in [3.05, 3.63) is 41.8 Å². The maximum absolute atomic E-state index is 13.2. The molecule has 1 aromatic carbocycles. The van der Waals surface area contributed by atoms with Crippen LogP contribution in [-0.4, -0.2) is 42.2 Å². The first-order valence-corrected chi connectivity index (χ1v) is 9.51. The van der Waals surface area contributed by atoms with Gasteiger partial charge in [0.05, 0.1) is 0 Å². The fraction of sp³-hybridized carbons (Fsp3) is 0.450. The second kappa shape index (κ2) is 8.86. The van der Waals surface area contributed by atoms with Crippen LogP contribution >= 0.6 is 0 Å². The number of carbonyl (C=O) groups is 1. The highest BCUT2D eigenvalue weighted by molar-refractivity contribution is 5.89. The Bertz CT molecular complexity index is 820. The summed E-state index contributed by atoms with van der Waals surface area (Å²) in [7, 11) is 3.93. The Balaban J connectivity index is 1.47. The normalized spacial score (nSPS) is 19.0. The quantitative estimate of drug-likeness (QED) is 0.732. The molecule has 0 unspecified atom stereocenters. The molecule has 150 valence electrons. The van der Waals surface area contributed by atoms with Crippen molar-refractivity contribution in [2.24, 2.45) is 0 Å². The minimum atomic E-state index is -0.375. The molecule has 2 amide bonds. The standard InChI is InChI=1S/C20H27FN6O/c1-13-12-22-19(26-18(13)27(2)3)23-15-7-9-16(10-8-15)24-20(28)25-17-6-4-5-14(21)11-17/h4-6,11-12,15-16H,7-10H2,1-3H3,(H,22,23,26)(H2,24,25,28). The second-order valence-electron chi connectivity index (χ2n) is 7.40. The number of aromatic nitrogens is 2. The number of hydrogen-bond acceptors (Lipinski definition) is 5. The van der Waals surface area contributed by atoms with Crippen LogP contribution in [0.1, 0.15) is 31.2 Å². The van der Waals surface area contributed by atoms with Crippen molar-refractivity contribution >= 4 is 23.5 Å². The average molecular weight is 386 g/mol. The lowest BCUT2D eigenvalue weighted by Gasteiger charge is -2.30. The van der Waals surface area contributed by atoms with Gasteiger partial charge in [0.2, 0.25) is 5.95 Å². The van der Waals surface area contributed by atoms with Crippen LogP contribution < -0.4 is 20.9 Å². The van der Waals surface area contributed by atoms with Crippen molar-refractivity contribution in [2.75, 3.05) is 29.6 Å². The maximum Gasteiger partial charge on any atom is 0.319 e. The molecule has 1 aliphatic carbocycles. The summed E-state index contributed by atoms with van der Waals surface area (Å²) >= 11 is 0. The Morgan fingerprint density at radius 3 is 2.57 bits per heavy atom. The molecule has 7 nitrogen and oxygen atoms in total. The third kappa shape index (κ3) is 5.31. The third-order valence-electron chi connectivity index (χ3n) is 4.85. The Morgan fingerprint density at radius 2 is 1.89 bits per heavy atom. The number of aryl methyl sites for hydroxylation is 1. The van der Waals surface area contributed by atoms with E-state index in [0.29, 0.717) is 11.6 Å². The van der Waals surface area contributed by atoms with Gasteiger partial charge < -0.3 is 20.9 Å². The van der Waals surface area contributed by atoms with Gasteiger partial charge in [0.1, 0.15) is 11.6 Å². The molecule has 0 atom stereocenters. The number of hydrogen-bond donors (Lipinski definition) is 3. The molecule has 0 spiro atoms. The predicted octanol–water partition coefficient (Wildman–Crippen LogP) is 3.53. The van der Waals surface area contributed by atoms with Crippen molar-refractivity contribution in [1.29, 1.82) is 0 Å². The van der Waals surface area contributed by atoms with Gasteiger partial charge in [0.15, 0.2) is 0 Å². The van der Waals surface area contributed by atoms with E-state index < -0.39 is 0 Å². The van der Waals surface area contributed by atoms with Crippen LogP contribution in [0.3, 0.4) is 0 Å². The maximum atomic E-state index is 13.2. The number of benzene rings is 1. The average Bonchev–Trinajstić information content (AvgIpc) is 2.64. The van der Waals surface area contributed by atoms with Crippen molar-refractivity contribution in [1.82, 2.24) is 15.3 Å². The minimum absolute atomic E-state index is 0.0999. The van der Waals surface area contributed by atoms with Crippen LogP contribution in [0.15, 0.2) is 30.5 Å². The molecule has 3 N–H and O–H groups in total. The third-order valence-corrected chi connectivity index (χ3v) is 4.85. The summed E-state index contributed by atoms with van der Waals surface area (Å²) in [4.78, 5) is 23.0. The smallest absolute Gasteiger partial charge is 0.319 e. The van der Waals surface area contributed by atoms with E-state index in [1.165, 1.54) is 12.1 Å². The van der Waals surface area contributed by atoms with Crippen molar-refractivity contribution in [2.45, 2.75) is 44.7 Å². The van der Waals surface area contributed by atoms with Gasteiger partial charge in [-0.05, 0) is 50.8 Å². The highest BCUT2D eigenvalue weighted by Gasteiger charge is 2.23. The first-order chi connectivity index (χ1) is 13.4. The molecule has 8 heteroatoms. The molecule has 0 saturated heterocycles. The molecule has 0 aliphatic heterocycles. The summed E-state index contributed by atoms with van der Waals surface area (Å²) in [5.41, 5.74) is 1.48. The minimum Gasteiger partial charge on any atom is -0.362 e. The van der Waals surface area contributed by atoms with Crippen LogP contribution in [0.5, 0.6) is 0 Å². The summed E-state index contributed by atoms with van der Waals surface area (Å²) in [6.45, 7) is 1.99. The van der Waals surface area contributed by atoms with Gasteiger partial charge in [-0.15, -0.1) is 0 Å². The van der Waals surface area contributed by atoms with Crippen LogP contribution in [0.25, 0.3) is 0 Å². The molecular formula is C20H27FN6O. The Kier molecular flexibility index (Phi) is 6.28. The summed E-state index contributed by atoms with van der Waals surface area (Å²) in [5, 5.41) is 9.04. The lowest BCUT2D eigenvalue weighted by atomic mass is 9.91. The van der Waals surface area contributed by atoms with Gasteiger partial charge in [-0.1, -0.05) is 6.07 Å². The number of carbonyl (C=O) groups excluding carboxylic acids is 1. The number of nitrogens with zero attached hydrogens (tertiary/aromatic N) is 3. The Hall–Kier alpha value is -2.90. The molecule has 3 rings (SSSR count). The number of rotatable bonds is 5. The molecular weight excluding hydrogens is 359 g/mol. The van der Waals surface area contributed by atoms with E-state index in [-0.39, 0.29) is 23.9 Å². The molecule has 28 heavy (non-hydrogen) atoms. The molecule has 1 fully saturated rings. The highest BCUT2D eigenvalue weighted by Crippen LogP contribution is 2.23. The Labute approximate surface area is 164 Å². The zero-order valence-electron chi connectivity index (χ0n) is 16.5. The zero-order chi connectivity index (χ0) is 20.1. The van der Waals surface area contributed by atoms with Gasteiger partial charge in [-0.25, -0.2) is 14.2 Å². The lowest BCUT2D eigenvalue weighted by Crippen LogP contribution is -2.42. The summed E-state index contributed by atoms with van der Waals surface area (Å²) in [5.74, 6) is 1.16. The number of anilines is 3. The van der Waals surface area contributed by atoms with Crippen LogP contribution in [0.2, 0.25) is 0 Å². The molecule has 1 heterocycles.